The van der Waals surface area contributed by atoms with E-state index in [-0.39, 0.29) is 11.6 Å². The summed E-state index contributed by atoms with van der Waals surface area (Å²) >= 11 is 0. The molecule has 0 bridgehead atoms. The number of carbonyl (C=O) groups is 1. The maximum Gasteiger partial charge on any atom is 0.276 e. The van der Waals surface area contributed by atoms with E-state index < -0.39 is 0 Å². The Bertz CT molecular complexity index is 587. The van der Waals surface area contributed by atoms with E-state index in [1.807, 2.05) is 6.92 Å². The molecule has 19 heavy (non-hydrogen) atoms. The van der Waals surface area contributed by atoms with Crippen molar-refractivity contribution in [2.45, 2.75) is 26.9 Å². The van der Waals surface area contributed by atoms with Crippen LogP contribution >= 0.6 is 0 Å². The van der Waals surface area contributed by atoms with Gasteiger partial charge >= 0.3 is 0 Å². The largest absolute Gasteiger partial charge is 0.396 e. The summed E-state index contributed by atoms with van der Waals surface area (Å²) in [5.74, 6) is 0.482. The predicted octanol–water partition coefficient (Wildman–Crippen LogP) is 1.05. The van der Waals surface area contributed by atoms with Gasteiger partial charge in [0.05, 0.1) is 12.2 Å². The van der Waals surface area contributed by atoms with Crippen LogP contribution in [-0.2, 0) is 13.1 Å². The van der Waals surface area contributed by atoms with Crippen LogP contribution in [0.2, 0.25) is 0 Å². The number of aromatic nitrogens is 3. The summed E-state index contributed by atoms with van der Waals surface area (Å²) in [6.07, 6.45) is 1.65. The van der Waals surface area contributed by atoms with E-state index in [1.165, 1.54) is 4.90 Å². The normalized spacial score (nSPS) is 10.7. The highest BCUT2D eigenvalue weighted by Gasteiger charge is 2.19. The smallest absolute Gasteiger partial charge is 0.276 e. The summed E-state index contributed by atoms with van der Waals surface area (Å²) in [5.41, 5.74) is 7.14. The number of anilines is 1. The summed E-state index contributed by atoms with van der Waals surface area (Å²) in [7, 11) is 1.68. The lowest BCUT2D eigenvalue weighted by Gasteiger charge is -2.14. The number of hydrogen-bond donors (Lipinski definition) is 1. The molecule has 7 heteroatoms. The molecule has 0 aromatic carbocycles. The van der Waals surface area contributed by atoms with E-state index >= 15 is 0 Å². The van der Waals surface area contributed by atoms with Crippen molar-refractivity contribution in [1.29, 1.82) is 0 Å². The van der Waals surface area contributed by atoms with Crippen LogP contribution in [-0.4, -0.2) is 32.8 Å². The molecule has 2 aromatic heterocycles. The molecule has 0 aliphatic heterocycles. The summed E-state index contributed by atoms with van der Waals surface area (Å²) in [6, 6.07) is 1.79. The highest BCUT2D eigenvalue weighted by Crippen LogP contribution is 2.13. The van der Waals surface area contributed by atoms with E-state index in [1.54, 1.807) is 30.9 Å². The van der Waals surface area contributed by atoms with E-state index in [2.05, 4.69) is 10.3 Å². The fourth-order valence-corrected chi connectivity index (χ4v) is 1.75. The Morgan fingerprint density at radius 1 is 1.58 bits per heavy atom. The molecule has 0 aliphatic carbocycles. The highest BCUT2D eigenvalue weighted by molar-refractivity contribution is 5.96. The minimum Gasteiger partial charge on any atom is -0.396 e. The van der Waals surface area contributed by atoms with Crippen LogP contribution in [0.4, 0.5) is 5.69 Å². The first-order valence-electron chi connectivity index (χ1n) is 6.01. The van der Waals surface area contributed by atoms with Crippen molar-refractivity contribution in [3.8, 4) is 0 Å². The predicted molar refractivity (Wildman–Crippen MR) is 69.4 cm³/mol. The second kappa shape index (κ2) is 5.13. The van der Waals surface area contributed by atoms with Gasteiger partial charge in [-0.2, -0.15) is 5.10 Å². The van der Waals surface area contributed by atoms with Gasteiger partial charge in [0.1, 0.15) is 11.5 Å². The molecule has 1 amide bonds. The third kappa shape index (κ3) is 2.75. The minimum absolute atomic E-state index is 0.231. The van der Waals surface area contributed by atoms with Gasteiger partial charge < -0.3 is 15.2 Å². The van der Waals surface area contributed by atoms with Crippen LogP contribution in [0.3, 0.4) is 0 Å². The average molecular weight is 263 g/mol. The van der Waals surface area contributed by atoms with E-state index in [0.29, 0.717) is 30.2 Å². The van der Waals surface area contributed by atoms with E-state index in [4.69, 9.17) is 10.3 Å². The molecule has 2 N–H and O–H groups in total. The van der Waals surface area contributed by atoms with Gasteiger partial charge in [-0.1, -0.05) is 5.16 Å². The molecular formula is C12H17N5O2. The number of hydrogen-bond acceptors (Lipinski definition) is 5. The van der Waals surface area contributed by atoms with Gasteiger partial charge in [0.25, 0.3) is 5.91 Å². The van der Waals surface area contributed by atoms with Crippen LogP contribution in [0.15, 0.2) is 16.8 Å². The van der Waals surface area contributed by atoms with Gasteiger partial charge in [0, 0.05) is 25.9 Å². The molecule has 0 fully saturated rings. The fraction of sp³-hybridized carbons (Fsp3) is 0.417. The minimum atomic E-state index is -0.231. The maximum atomic E-state index is 12.2. The van der Waals surface area contributed by atoms with E-state index in [9.17, 15) is 4.79 Å². The van der Waals surface area contributed by atoms with Crippen molar-refractivity contribution >= 4 is 11.6 Å². The Labute approximate surface area is 111 Å². The molecule has 7 nitrogen and oxygen atoms in total. The van der Waals surface area contributed by atoms with Crippen molar-refractivity contribution in [2.75, 3.05) is 12.8 Å². The van der Waals surface area contributed by atoms with E-state index in [0.717, 1.165) is 0 Å². The molecule has 0 saturated carbocycles. The first kappa shape index (κ1) is 13.1. The summed E-state index contributed by atoms with van der Waals surface area (Å²) in [4.78, 5) is 13.7. The Morgan fingerprint density at radius 3 is 2.84 bits per heavy atom. The molecule has 0 radical (unpaired) electrons. The quantitative estimate of drug-likeness (QED) is 0.890. The Kier molecular flexibility index (Phi) is 3.55. The van der Waals surface area contributed by atoms with Gasteiger partial charge in [-0.25, -0.2) is 0 Å². The van der Waals surface area contributed by atoms with Gasteiger partial charge in [-0.05, 0) is 13.8 Å². The zero-order valence-electron chi connectivity index (χ0n) is 11.3. The van der Waals surface area contributed by atoms with Crippen molar-refractivity contribution in [3.05, 3.63) is 29.4 Å². The summed E-state index contributed by atoms with van der Waals surface area (Å²) < 4.78 is 6.60. The monoisotopic (exact) mass is 263 g/mol. The summed E-state index contributed by atoms with van der Waals surface area (Å²) in [5, 5.41) is 8.00. The third-order valence-corrected chi connectivity index (χ3v) is 2.74. The van der Waals surface area contributed by atoms with Crippen molar-refractivity contribution in [1.82, 2.24) is 19.8 Å². The molecule has 2 aromatic rings. The Morgan fingerprint density at radius 2 is 2.32 bits per heavy atom. The van der Waals surface area contributed by atoms with Gasteiger partial charge in [-0.3, -0.25) is 9.48 Å². The molecule has 0 spiro atoms. The number of amides is 1. The lowest BCUT2D eigenvalue weighted by molar-refractivity contribution is 0.0776. The molecule has 0 unspecified atom stereocenters. The third-order valence-electron chi connectivity index (χ3n) is 2.74. The first-order chi connectivity index (χ1) is 9.01. The van der Waals surface area contributed by atoms with Crippen molar-refractivity contribution in [3.63, 3.8) is 0 Å². The van der Waals surface area contributed by atoms with Gasteiger partial charge in [0.15, 0.2) is 5.69 Å². The highest BCUT2D eigenvalue weighted by atomic mass is 16.5. The molecule has 2 rings (SSSR count). The second-order valence-corrected chi connectivity index (χ2v) is 4.38. The molecule has 102 valence electrons. The SMILES string of the molecule is CCn1cc(N)c(C(=O)N(C)Cc2cc(C)on2)n1. The number of rotatable bonds is 4. The topological polar surface area (TPSA) is 90.2 Å². The molecule has 0 saturated heterocycles. The molecule has 0 aliphatic rings. The number of aryl methyl sites for hydroxylation is 2. The molecule has 0 atom stereocenters. The van der Waals surface area contributed by atoms with Crippen LogP contribution in [0.1, 0.15) is 28.9 Å². The zero-order valence-corrected chi connectivity index (χ0v) is 11.3. The number of nitrogen functional groups attached to an aromatic ring is 1. The van der Waals surface area contributed by atoms with Gasteiger partial charge in [0.2, 0.25) is 0 Å². The standard InChI is InChI=1S/C12H17N5O2/c1-4-17-7-10(13)11(14-17)12(18)16(3)6-9-5-8(2)19-15-9/h5,7H,4,6,13H2,1-3H3. The maximum absolute atomic E-state index is 12.2. The fourth-order valence-electron chi connectivity index (χ4n) is 1.75. The first-order valence-corrected chi connectivity index (χ1v) is 6.01. The Hall–Kier alpha value is -2.31. The lowest BCUT2D eigenvalue weighted by Crippen LogP contribution is -2.27. The lowest BCUT2D eigenvalue weighted by atomic mass is 10.3. The molecular weight excluding hydrogens is 246 g/mol. The van der Waals surface area contributed by atoms with Gasteiger partial charge in [-0.15, -0.1) is 0 Å². The number of nitrogens with zero attached hydrogens (tertiary/aromatic N) is 4. The summed E-state index contributed by atoms with van der Waals surface area (Å²) in [6.45, 7) is 4.76. The van der Waals surface area contributed by atoms with Crippen molar-refractivity contribution in [2.24, 2.45) is 0 Å². The van der Waals surface area contributed by atoms with Crippen LogP contribution in [0.25, 0.3) is 0 Å². The zero-order chi connectivity index (χ0) is 14.0. The van der Waals surface area contributed by atoms with Crippen molar-refractivity contribution < 1.29 is 9.32 Å². The molecule has 2 heterocycles. The Balaban J connectivity index is 2.12. The number of carbonyl (C=O) groups excluding carboxylic acids is 1. The average Bonchev–Trinajstić information content (AvgIpc) is 2.94. The van der Waals surface area contributed by atoms with Crippen LogP contribution < -0.4 is 5.73 Å². The second-order valence-electron chi connectivity index (χ2n) is 4.38. The van der Waals surface area contributed by atoms with Crippen LogP contribution in [0.5, 0.6) is 0 Å². The van der Waals surface area contributed by atoms with Crippen LogP contribution in [0, 0.1) is 6.92 Å². The number of nitrogens with two attached hydrogens (primary N) is 1.